The molecule has 0 radical (unpaired) electrons. The van der Waals surface area contributed by atoms with Gasteiger partial charge >= 0.3 is 0 Å². The number of benzene rings is 1. The quantitative estimate of drug-likeness (QED) is 0.645. The number of aromatic nitrogens is 1. The lowest BCUT2D eigenvalue weighted by Crippen LogP contribution is -1.94. The van der Waals surface area contributed by atoms with Gasteiger partial charge in [0.1, 0.15) is 6.26 Å². The average Bonchev–Trinajstić information content (AvgIpc) is 2.48. The van der Waals surface area contributed by atoms with Crippen LogP contribution < -0.4 is 0 Å². The first-order valence-electron chi connectivity index (χ1n) is 4.01. The molecule has 66 valence electrons. The predicted molar refractivity (Wildman–Crippen MR) is 53.6 cm³/mol. The Kier molecular flexibility index (Phi) is 2.02. The van der Waals surface area contributed by atoms with Crippen LogP contribution in [0.5, 0.6) is 0 Å². The van der Waals surface area contributed by atoms with E-state index < -0.39 is 0 Å². The maximum absolute atomic E-state index is 5.13. The summed E-state index contributed by atoms with van der Waals surface area (Å²) in [6.45, 7) is 1.96. The van der Waals surface area contributed by atoms with Crippen LogP contribution >= 0.6 is 12.2 Å². The van der Waals surface area contributed by atoms with Gasteiger partial charge in [0.25, 0.3) is 4.84 Å². The summed E-state index contributed by atoms with van der Waals surface area (Å²) in [7, 11) is 0. The zero-order valence-electron chi connectivity index (χ0n) is 7.23. The molecular formula is C10H9NOS. The van der Waals surface area contributed by atoms with Crippen molar-refractivity contribution in [2.45, 2.75) is 6.92 Å². The fraction of sp³-hybridized carbons (Fsp3) is 0.100. The molecule has 2 rings (SSSR count). The minimum atomic E-state index is 0.490. The minimum absolute atomic E-state index is 0.490. The Hall–Kier alpha value is -1.35. The van der Waals surface area contributed by atoms with Crippen LogP contribution in [0.2, 0.25) is 0 Å². The van der Waals surface area contributed by atoms with Crippen LogP contribution in [-0.4, -0.2) is 4.57 Å². The number of nitrogens with zero attached hydrogens (tertiary/aromatic N) is 1. The number of para-hydroxylation sites is 1. The highest BCUT2D eigenvalue weighted by Crippen LogP contribution is 2.12. The zero-order chi connectivity index (χ0) is 9.26. The third-order valence-electron chi connectivity index (χ3n) is 1.88. The van der Waals surface area contributed by atoms with Gasteiger partial charge in [-0.1, -0.05) is 18.2 Å². The highest BCUT2D eigenvalue weighted by atomic mass is 32.1. The van der Waals surface area contributed by atoms with Gasteiger partial charge in [0.05, 0.1) is 5.69 Å². The second-order valence-corrected chi connectivity index (χ2v) is 3.16. The molecule has 0 unspecified atom stereocenters. The van der Waals surface area contributed by atoms with Gasteiger partial charge < -0.3 is 4.42 Å². The highest BCUT2D eigenvalue weighted by molar-refractivity contribution is 7.71. The van der Waals surface area contributed by atoms with Crippen LogP contribution in [0.1, 0.15) is 5.69 Å². The van der Waals surface area contributed by atoms with E-state index in [9.17, 15) is 0 Å². The van der Waals surface area contributed by atoms with Crippen molar-refractivity contribution in [3.63, 3.8) is 0 Å². The predicted octanol–water partition coefficient (Wildman–Crippen LogP) is 3.11. The van der Waals surface area contributed by atoms with Crippen molar-refractivity contribution < 1.29 is 4.42 Å². The van der Waals surface area contributed by atoms with Crippen LogP contribution in [0, 0.1) is 11.8 Å². The zero-order valence-corrected chi connectivity index (χ0v) is 8.04. The minimum Gasteiger partial charge on any atom is -0.437 e. The van der Waals surface area contributed by atoms with Crippen molar-refractivity contribution in [2.75, 3.05) is 0 Å². The summed E-state index contributed by atoms with van der Waals surface area (Å²) in [6, 6.07) is 9.92. The van der Waals surface area contributed by atoms with E-state index in [0.717, 1.165) is 11.4 Å². The van der Waals surface area contributed by atoms with Crippen LogP contribution in [0.25, 0.3) is 5.69 Å². The monoisotopic (exact) mass is 191 g/mol. The first-order chi connectivity index (χ1) is 6.29. The second kappa shape index (κ2) is 3.18. The molecule has 0 aliphatic heterocycles. The molecule has 0 saturated heterocycles. The molecule has 0 N–H and O–H groups in total. The number of aryl methyl sites for hydroxylation is 1. The number of hydrogen-bond donors (Lipinski definition) is 0. The standard InChI is InChI=1S/C10H9NOS/c1-8-7-12-10(13)11(8)9-5-3-2-4-6-9/h2-7H,1H3. The third kappa shape index (κ3) is 1.42. The Morgan fingerprint density at radius 3 is 2.46 bits per heavy atom. The van der Waals surface area contributed by atoms with Crippen LogP contribution in [0.15, 0.2) is 41.0 Å². The number of oxazole rings is 1. The molecule has 3 heteroatoms. The molecule has 1 heterocycles. The van der Waals surface area contributed by atoms with Crippen molar-refractivity contribution in [1.29, 1.82) is 0 Å². The summed E-state index contributed by atoms with van der Waals surface area (Å²) in [5.41, 5.74) is 2.05. The molecule has 0 aliphatic carbocycles. The van der Waals surface area contributed by atoms with E-state index in [4.69, 9.17) is 16.6 Å². The SMILES string of the molecule is Cc1coc(=S)n1-c1ccccc1. The number of hydrogen-bond acceptors (Lipinski definition) is 2. The summed E-state index contributed by atoms with van der Waals surface area (Å²) >= 11 is 5.05. The maximum Gasteiger partial charge on any atom is 0.273 e. The molecule has 0 fully saturated rings. The van der Waals surface area contributed by atoms with E-state index >= 15 is 0 Å². The van der Waals surface area contributed by atoms with Gasteiger partial charge in [-0.05, 0) is 31.3 Å². The molecule has 0 spiro atoms. The van der Waals surface area contributed by atoms with E-state index in [0.29, 0.717) is 4.84 Å². The lowest BCUT2D eigenvalue weighted by molar-refractivity contribution is 0.531. The summed E-state index contributed by atoms with van der Waals surface area (Å²) in [4.78, 5) is 0.490. The molecule has 1 aromatic heterocycles. The van der Waals surface area contributed by atoms with E-state index in [1.54, 1.807) is 6.26 Å². The van der Waals surface area contributed by atoms with Crippen molar-refractivity contribution in [3.05, 3.63) is 47.1 Å². The molecule has 0 atom stereocenters. The summed E-state index contributed by atoms with van der Waals surface area (Å²) in [5, 5.41) is 0. The Balaban J connectivity index is 2.65. The van der Waals surface area contributed by atoms with E-state index in [1.807, 2.05) is 41.8 Å². The van der Waals surface area contributed by atoms with Crippen molar-refractivity contribution in [3.8, 4) is 5.69 Å². The van der Waals surface area contributed by atoms with Crippen molar-refractivity contribution in [1.82, 2.24) is 4.57 Å². The Morgan fingerprint density at radius 1 is 1.23 bits per heavy atom. The van der Waals surface area contributed by atoms with Crippen LogP contribution in [0.4, 0.5) is 0 Å². The lowest BCUT2D eigenvalue weighted by atomic mass is 10.3. The normalized spacial score (nSPS) is 10.2. The van der Waals surface area contributed by atoms with Gasteiger partial charge in [-0.15, -0.1) is 0 Å². The average molecular weight is 191 g/mol. The van der Waals surface area contributed by atoms with Crippen molar-refractivity contribution >= 4 is 12.2 Å². The Labute approximate surface area is 81.4 Å². The fourth-order valence-electron chi connectivity index (χ4n) is 1.27. The maximum atomic E-state index is 5.13. The van der Waals surface area contributed by atoms with Gasteiger partial charge in [-0.2, -0.15) is 0 Å². The van der Waals surface area contributed by atoms with Gasteiger partial charge in [0.15, 0.2) is 0 Å². The molecule has 0 saturated carbocycles. The molecule has 13 heavy (non-hydrogen) atoms. The summed E-state index contributed by atoms with van der Waals surface area (Å²) < 4.78 is 7.03. The first-order valence-corrected chi connectivity index (χ1v) is 4.42. The number of rotatable bonds is 1. The van der Waals surface area contributed by atoms with E-state index in [2.05, 4.69) is 0 Å². The Morgan fingerprint density at radius 2 is 1.92 bits per heavy atom. The van der Waals surface area contributed by atoms with E-state index in [1.165, 1.54) is 0 Å². The molecule has 0 bridgehead atoms. The molecule has 0 aliphatic rings. The van der Waals surface area contributed by atoms with Gasteiger partial charge in [0, 0.05) is 5.69 Å². The summed E-state index contributed by atoms with van der Waals surface area (Å²) in [5.74, 6) is 0. The van der Waals surface area contributed by atoms with Crippen molar-refractivity contribution in [2.24, 2.45) is 0 Å². The topological polar surface area (TPSA) is 18.1 Å². The summed E-state index contributed by atoms with van der Waals surface area (Å²) in [6.07, 6.45) is 1.66. The molecule has 1 aromatic carbocycles. The highest BCUT2D eigenvalue weighted by Gasteiger charge is 2.01. The third-order valence-corrected chi connectivity index (χ3v) is 2.16. The van der Waals surface area contributed by atoms with Crippen LogP contribution in [0.3, 0.4) is 0 Å². The second-order valence-electron chi connectivity index (χ2n) is 2.81. The smallest absolute Gasteiger partial charge is 0.273 e. The molecule has 0 amide bonds. The molecule has 2 aromatic rings. The van der Waals surface area contributed by atoms with Gasteiger partial charge in [-0.3, -0.25) is 4.57 Å². The van der Waals surface area contributed by atoms with Gasteiger partial charge in [0.2, 0.25) is 0 Å². The van der Waals surface area contributed by atoms with E-state index in [-0.39, 0.29) is 0 Å². The van der Waals surface area contributed by atoms with Crippen LogP contribution in [-0.2, 0) is 0 Å². The Bertz CT molecular complexity index is 455. The lowest BCUT2D eigenvalue weighted by Gasteiger charge is -2.01. The van der Waals surface area contributed by atoms with Gasteiger partial charge in [-0.25, -0.2) is 0 Å². The largest absolute Gasteiger partial charge is 0.437 e. The first kappa shape index (κ1) is 8.26. The molecular weight excluding hydrogens is 182 g/mol. The molecule has 2 nitrogen and oxygen atoms in total. The fourth-order valence-corrected chi connectivity index (χ4v) is 1.57.